The second-order valence-corrected chi connectivity index (χ2v) is 6.64. The normalized spacial score (nSPS) is 15.1. The van der Waals surface area contributed by atoms with Crippen LogP contribution in [0.2, 0.25) is 0 Å². The number of nitrogens with one attached hydrogen (secondary N) is 1. The van der Waals surface area contributed by atoms with Gasteiger partial charge in [-0.1, -0.05) is 11.6 Å². The number of anilines is 1. The van der Waals surface area contributed by atoms with Crippen LogP contribution < -0.4 is 10.2 Å². The number of esters is 1. The van der Waals surface area contributed by atoms with Crippen molar-refractivity contribution in [3.8, 4) is 0 Å². The van der Waals surface area contributed by atoms with Gasteiger partial charge < -0.3 is 15.0 Å². The van der Waals surface area contributed by atoms with E-state index in [1.54, 1.807) is 19.1 Å². The first kappa shape index (κ1) is 19.0. The molecular formula is C20H28N2O3. The summed E-state index contributed by atoms with van der Waals surface area (Å²) >= 11 is 0. The Balaban J connectivity index is 1.77. The number of hydrogen-bond acceptors (Lipinski definition) is 4. The molecule has 25 heavy (non-hydrogen) atoms. The quantitative estimate of drug-likeness (QED) is 0.609. The Hall–Kier alpha value is -2.30. The minimum Gasteiger partial charge on any atom is -0.449 e. The van der Waals surface area contributed by atoms with Crippen LogP contribution in [-0.2, 0) is 9.53 Å². The number of carbonyl (C=O) groups is 2. The van der Waals surface area contributed by atoms with Gasteiger partial charge in [0.25, 0.3) is 5.91 Å². The van der Waals surface area contributed by atoms with Gasteiger partial charge >= 0.3 is 5.97 Å². The molecule has 1 amide bonds. The van der Waals surface area contributed by atoms with Crippen molar-refractivity contribution in [2.24, 2.45) is 0 Å². The van der Waals surface area contributed by atoms with E-state index < -0.39 is 12.1 Å². The van der Waals surface area contributed by atoms with Crippen molar-refractivity contribution in [1.29, 1.82) is 0 Å². The number of carbonyl (C=O) groups excluding carboxylic acids is 2. The van der Waals surface area contributed by atoms with E-state index in [1.807, 2.05) is 31.1 Å². The van der Waals surface area contributed by atoms with E-state index in [0.717, 1.165) is 24.9 Å². The van der Waals surface area contributed by atoms with Gasteiger partial charge in [-0.3, -0.25) is 4.79 Å². The molecule has 1 N–H and O–H groups in total. The summed E-state index contributed by atoms with van der Waals surface area (Å²) in [6.07, 6.45) is 7.11. The molecule has 2 rings (SSSR count). The highest BCUT2D eigenvalue weighted by atomic mass is 16.5. The zero-order valence-electron chi connectivity index (χ0n) is 15.4. The third-order valence-corrected chi connectivity index (χ3v) is 4.40. The predicted octanol–water partition coefficient (Wildman–Crippen LogP) is 3.30. The summed E-state index contributed by atoms with van der Waals surface area (Å²) in [5, 5.41) is 2.85. The monoisotopic (exact) mass is 344 g/mol. The van der Waals surface area contributed by atoms with Crippen LogP contribution in [-0.4, -0.2) is 38.6 Å². The fourth-order valence-corrected chi connectivity index (χ4v) is 2.80. The summed E-state index contributed by atoms with van der Waals surface area (Å²) in [6, 6.07) is 7.11. The minimum atomic E-state index is -0.804. The van der Waals surface area contributed by atoms with Gasteiger partial charge in [0.2, 0.25) is 0 Å². The number of ether oxygens (including phenoxy) is 1. The van der Waals surface area contributed by atoms with Crippen LogP contribution in [0.1, 0.15) is 49.4 Å². The number of benzene rings is 1. The van der Waals surface area contributed by atoms with Crippen molar-refractivity contribution in [1.82, 2.24) is 5.32 Å². The number of rotatable bonds is 7. The molecule has 5 heteroatoms. The van der Waals surface area contributed by atoms with E-state index in [0.29, 0.717) is 12.1 Å². The maximum Gasteiger partial charge on any atom is 0.338 e. The van der Waals surface area contributed by atoms with Gasteiger partial charge in [-0.05, 0) is 63.3 Å². The average molecular weight is 344 g/mol. The Bertz CT molecular complexity index is 620. The Labute approximate surface area is 150 Å². The van der Waals surface area contributed by atoms with E-state index in [1.165, 1.54) is 18.4 Å². The predicted molar refractivity (Wildman–Crippen MR) is 99.8 cm³/mol. The highest BCUT2D eigenvalue weighted by molar-refractivity contribution is 5.92. The van der Waals surface area contributed by atoms with Crippen LogP contribution in [0.5, 0.6) is 0 Å². The summed E-state index contributed by atoms with van der Waals surface area (Å²) in [6.45, 7) is 2.19. The number of amides is 1. The fourth-order valence-electron chi connectivity index (χ4n) is 2.80. The molecule has 1 aromatic carbocycles. The van der Waals surface area contributed by atoms with Gasteiger partial charge in [0.1, 0.15) is 0 Å². The summed E-state index contributed by atoms with van der Waals surface area (Å²) in [4.78, 5) is 26.2. The molecule has 1 aromatic rings. The molecular weight excluding hydrogens is 316 g/mol. The second-order valence-electron chi connectivity index (χ2n) is 6.64. The number of nitrogens with zero attached hydrogens (tertiary/aromatic N) is 1. The number of allylic oxidation sites excluding steroid dienone is 1. The molecule has 0 aliphatic heterocycles. The molecule has 0 heterocycles. The largest absolute Gasteiger partial charge is 0.449 e. The molecule has 0 saturated carbocycles. The lowest BCUT2D eigenvalue weighted by Gasteiger charge is -2.16. The smallest absolute Gasteiger partial charge is 0.338 e. The van der Waals surface area contributed by atoms with Crippen LogP contribution in [0.4, 0.5) is 5.69 Å². The van der Waals surface area contributed by atoms with Crippen molar-refractivity contribution >= 4 is 17.6 Å². The molecule has 1 atom stereocenters. The van der Waals surface area contributed by atoms with Gasteiger partial charge in [0.15, 0.2) is 6.10 Å². The molecule has 0 aromatic heterocycles. The molecule has 1 aliphatic rings. The van der Waals surface area contributed by atoms with Crippen molar-refractivity contribution < 1.29 is 14.3 Å². The van der Waals surface area contributed by atoms with Gasteiger partial charge in [0, 0.05) is 26.3 Å². The topological polar surface area (TPSA) is 58.6 Å². The number of hydrogen-bond donors (Lipinski definition) is 1. The van der Waals surface area contributed by atoms with E-state index >= 15 is 0 Å². The maximum atomic E-state index is 12.1. The van der Waals surface area contributed by atoms with Gasteiger partial charge in [0.05, 0.1) is 5.56 Å². The highest BCUT2D eigenvalue weighted by Crippen LogP contribution is 2.19. The second kappa shape index (κ2) is 9.25. The SMILES string of the molecule is C[C@@H](OC(=O)c1ccc(N(C)C)cc1)C(=O)NCCC1=CCCCC1. The van der Waals surface area contributed by atoms with Crippen molar-refractivity contribution in [3.63, 3.8) is 0 Å². The van der Waals surface area contributed by atoms with Gasteiger partial charge in [-0.15, -0.1) is 0 Å². The van der Waals surface area contributed by atoms with Crippen molar-refractivity contribution in [2.45, 2.75) is 45.1 Å². The first-order chi connectivity index (χ1) is 12.0. The lowest BCUT2D eigenvalue weighted by molar-refractivity contribution is -0.129. The molecule has 0 saturated heterocycles. The van der Waals surface area contributed by atoms with Crippen LogP contribution in [0, 0.1) is 0 Å². The molecule has 0 fully saturated rings. The fraction of sp³-hybridized carbons (Fsp3) is 0.500. The molecule has 0 spiro atoms. The molecule has 1 aliphatic carbocycles. The van der Waals surface area contributed by atoms with Crippen LogP contribution in [0.3, 0.4) is 0 Å². The lowest BCUT2D eigenvalue weighted by Crippen LogP contribution is -2.36. The first-order valence-electron chi connectivity index (χ1n) is 8.91. The highest BCUT2D eigenvalue weighted by Gasteiger charge is 2.18. The summed E-state index contributed by atoms with van der Waals surface area (Å²) in [7, 11) is 3.87. The summed E-state index contributed by atoms with van der Waals surface area (Å²) < 4.78 is 5.26. The molecule has 5 nitrogen and oxygen atoms in total. The van der Waals surface area contributed by atoms with Crippen molar-refractivity contribution in [3.05, 3.63) is 41.5 Å². The van der Waals surface area contributed by atoms with E-state index in [4.69, 9.17) is 4.74 Å². The zero-order valence-corrected chi connectivity index (χ0v) is 15.4. The Morgan fingerprint density at radius 3 is 2.52 bits per heavy atom. The van der Waals surface area contributed by atoms with E-state index in [2.05, 4.69) is 11.4 Å². The summed E-state index contributed by atoms with van der Waals surface area (Å²) in [5.74, 6) is -0.738. The zero-order chi connectivity index (χ0) is 18.2. The standard InChI is InChI=1S/C20H28N2O3/c1-15(19(23)21-14-13-16-7-5-4-6-8-16)25-20(24)17-9-11-18(12-10-17)22(2)3/h7,9-12,15H,4-6,8,13-14H2,1-3H3,(H,21,23)/t15-/m1/s1. The van der Waals surface area contributed by atoms with Crippen LogP contribution in [0.15, 0.2) is 35.9 Å². The Morgan fingerprint density at radius 2 is 1.92 bits per heavy atom. The lowest BCUT2D eigenvalue weighted by atomic mass is 9.97. The maximum absolute atomic E-state index is 12.1. The Kier molecular flexibility index (Phi) is 7.04. The molecule has 136 valence electrons. The molecule has 0 radical (unpaired) electrons. The Morgan fingerprint density at radius 1 is 1.20 bits per heavy atom. The minimum absolute atomic E-state index is 0.255. The van der Waals surface area contributed by atoms with E-state index in [9.17, 15) is 9.59 Å². The third kappa shape index (κ3) is 5.93. The van der Waals surface area contributed by atoms with Crippen LogP contribution >= 0.6 is 0 Å². The summed E-state index contributed by atoms with van der Waals surface area (Å²) in [5.41, 5.74) is 2.86. The third-order valence-electron chi connectivity index (χ3n) is 4.40. The first-order valence-corrected chi connectivity index (χ1v) is 8.91. The van der Waals surface area contributed by atoms with Crippen LogP contribution in [0.25, 0.3) is 0 Å². The van der Waals surface area contributed by atoms with Gasteiger partial charge in [-0.2, -0.15) is 0 Å². The average Bonchev–Trinajstić information content (AvgIpc) is 2.62. The molecule has 0 bridgehead atoms. The van der Waals surface area contributed by atoms with Crippen molar-refractivity contribution in [2.75, 3.05) is 25.5 Å². The van der Waals surface area contributed by atoms with E-state index in [-0.39, 0.29) is 5.91 Å². The molecule has 0 unspecified atom stereocenters. The van der Waals surface area contributed by atoms with Gasteiger partial charge in [-0.25, -0.2) is 4.79 Å².